The molecule has 0 N–H and O–H groups in total. The Hall–Kier alpha value is -0.280. The van der Waals surface area contributed by atoms with E-state index in [2.05, 4.69) is 6.92 Å². The van der Waals surface area contributed by atoms with Gasteiger partial charge in [-0.15, -0.1) is 0 Å². The topological polar surface area (TPSA) is 18.5 Å². The Labute approximate surface area is 105 Å². The molecular weight excluding hydrogens is 247 g/mol. The fourth-order valence-electron chi connectivity index (χ4n) is 1.79. The van der Waals surface area contributed by atoms with Crippen LogP contribution in [0.1, 0.15) is 24.8 Å². The van der Waals surface area contributed by atoms with Crippen LogP contribution < -0.4 is 0 Å². The molecule has 1 aliphatic rings. The molecule has 4 heteroatoms. The molecular formula is C12H14Cl2O2. The number of rotatable bonds is 3. The summed E-state index contributed by atoms with van der Waals surface area (Å²) in [4.78, 5) is 0. The molecule has 1 aromatic rings. The van der Waals surface area contributed by atoms with Gasteiger partial charge in [0.15, 0.2) is 6.29 Å². The van der Waals surface area contributed by atoms with Crippen molar-refractivity contribution in [3.8, 4) is 0 Å². The second-order valence-electron chi connectivity index (χ2n) is 3.98. The van der Waals surface area contributed by atoms with E-state index in [9.17, 15) is 0 Å². The Morgan fingerprint density at radius 1 is 1.25 bits per heavy atom. The smallest absolute Gasteiger partial charge is 0.158 e. The van der Waals surface area contributed by atoms with E-state index < -0.39 is 0 Å². The third kappa shape index (κ3) is 2.89. The van der Waals surface area contributed by atoms with Crippen LogP contribution in [0.4, 0.5) is 0 Å². The first-order valence-electron chi connectivity index (χ1n) is 5.35. The molecule has 1 atom stereocenters. The lowest BCUT2D eigenvalue weighted by Crippen LogP contribution is -2.11. The molecule has 2 rings (SSSR count). The zero-order valence-corrected chi connectivity index (χ0v) is 10.6. The van der Waals surface area contributed by atoms with E-state index >= 15 is 0 Å². The van der Waals surface area contributed by atoms with Gasteiger partial charge in [0.05, 0.1) is 23.3 Å². The van der Waals surface area contributed by atoms with Crippen LogP contribution in [0.25, 0.3) is 0 Å². The summed E-state index contributed by atoms with van der Waals surface area (Å²) < 4.78 is 10.8. The minimum atomic E-state index is -0.0792. The number of benzene rings is 1. The van der Waals surface area contributed by atoms with Gasteiger partial charge >= 0.3 is 0 Å². The molecule has 16 heavy (non-hydrogen) atoms. The molecule has 88 valence electrons. The lowest BCUT2D eigenvalue weighted by Gasteiger charge is -2.16. The van der Waals surface area contributed by atoms with Gasteiger partial charge in [-0.2, -0.15) is 0 Å². The standard InChI is InChI=1S/C12H14Cl2O2/c1-8(6-12-15-4-5-16-12)9-2-3-10(13)11(14)7-9/h2-3,7-8,12H,4-6H2,1H3. The van der Waals surface area contributed by atoms with Crippen LogP contribution in [-0.2, 0) is 9.47 Å². The molecule has 1 fully saturated rings. The molecule has 0 amide bonds. The number of hydrogen-bond acceptors (Lipinski definition) is 2. The molecule has 0 aliphatic carbocycles. The van der Waals surface area contributed by atoms with E-state index in [1.54, 1.807) is 0 Å². The third-order valence-electron chi connectivity index (χ3n) is 2.75. The van der Waals surface area contributed by atoms with Crippen molar-refractivity contribution in [2.75, 3.05) is 13.2 Å². The van der Waals surface area contributed by atoms with Gasteiger partial charge < -0.3 is 9.47 Å². The van der Waals surface area contributed by atoms with Crippen molar-refractivity contribution >= 4 is 23.2 Å². The van der Waals surface area contributed by atoms with Crippen LogP contribution >= 0.6 is 23.2 Å². The number of hydrogen-bond donors (Lipinski definition) is 0. The van der Waals surface area contributed by atoms with Crippen molar-refractivity contribution in [2.24, 2.45) is 0 Å². The summed E-state index contributed by atoms with van der Waals surface area (Å²) in [6, 6.07) is 5.73. The fourth-order valence-corrected chi connectivity index (χ4v) is 2.09. The molecule has 1 aliphatic heterocycles. The van der Waals surface area contributed by atoms with Crippen molar-refractivity contribution in [1.29, 1.82) is 0 Å². The Balaban J connectivity index is 2.02. The lowest BCUT2D eigenvalue weighted by molar-refractivity contribution is -0.0501. The quantitative estimate of drug-likeness (QED) is 0.822. The number of ether oxygens (including phenoxy) is 2. The maximum atomic E-state index is 5.98. The van der Waals surface area contributed by atoms with Gasteiger partial charge in [0, 0.05) is 6.42 Å². The second kappa shape index (κ2) is 5.37. The van der Waals surface area contributed by atoms with Crippen LogP contribution in [0.15, 0.2) is 18.2 Å². The first-order chi connectivity index (χ1) is 7.66. The Morgan fingerprint density at radius 3 is 2.56 bits per heavy atom. The van der Waals surface area contributed by atoms with E-state index in [1.165, 1.54) is 0 Å². The van der Waals surface area contributed by atoms with Gasteiger partial charge in [-0.3, -0.25) is 0 Å². The maximum absolute atomic E-state index is 5.98. The molecule has 1 heterocycles. The van der Waals surface area contributed by atoms with Gasteiger partial charge in [0.1, 0.15) is 0 Å². The van der Waals surface area contributed by atoms with Crippen LogP contribution in [0, 0.1) is 0 Å². The fraction of sp³-hybridized carbons (Fsp3) is 0.500. The van der Waals surface area contributed by atoms with Crippen LogP contribution in [0.2, 0.25) is 10.0 Å². The predicted molar refractivity (Wildman–Crippen MR) is 65.2 cm³/mol. The molecule has 0 radical (unpaired) electrons. The van der Waals surface area contributed by atoms with Crippen molar-refractivity contribution in [1.82, 2.24) is 0 Å². The zero-order chi connectivity index (χ0) is 11.5. The van der Waals surface area contributed by atoms with Crippen molar-refractivity contribution < 1.29 is 9.47 Å². The Morgan fingerprint density at radius 2 is 1.94 bits per heavy atom. The van der Waals surface area contributed by atoms with E-state index in [4.69, 9.17) is 32.7 Å². The minimum Gasteiger partial charge on any atom is -0.350 e. The van der Waals surface area contributed by atoms with Gasteiger partial charge in [-0.1, -0.05) is 36.2 Å². The van der Waals surface area contributed by atoms with Gasteiger partial charge in [-0.05, 0) is 23.6 Å². The molecule has 2 nitrogen and oxygen atoms in total. The summed E-state index contributed by atoms with van der Waals surface area (Å²) in [6.07, 6.45) is 0.766. The van der Waals surface area contributed by atoms with Crippen molar-refractivity contribution in [2.45, 2.75) is 25.6 Å². The van der Waals surface area contributed by atoms with Crippen LogP contribution in [-0.4, -0.2) is 19.5 Å². The number of halogens is 2. The summed E-state index contributed by atoms with van der Waals surface area (Å²) >= 11 is 11.9. The molecule has 1 aromatic carbocycles. The molecule has 1 unspecified atom stereocenters. The normalized spacial score (nSPS) is 18.9. The summed E-state index contributed by atoms with van der Waals surface area (Å²) in [7, 11) is 0. The summed E-state index contributed by atoms with van der Waals surface area (Å²) in [5, 5.41) is 1.19. The molecule has 0 spiro atoms. The van der Waals surface area contributed by atoms with Gasteiger partial charge in [0.25, 0.3) is 0 Å². The highest BCUT2D eigenvalue weighted by atomic mass is 35.5. The third-order valence-corrected chi connectivity index (χ3v) is 3.49. The molecule has 0 saturated carbocycles. The highest BCUT2D eigenvalue weighted by Crippen LogP contribution is 2.29. The predicted octanol–water partition coefficient (Wildman–Crippen LogP) is 3.86. The average molecular weight is 261 g/mol. The summed E-state index contributed by atoms with van der Waals surface area (Å²) in [5.74, 6) is 0.345. The van der Waals surface area contributed by atoms with E-state index in [-0.39, 0.29) is 6.29 Å². The van der Waals surface area contributed by atoms with E-state index in [0.717, 1.165) is 12.0 Å². The zero-order valence-electron chi connectivity index (χ0n) is 9.08. The van der Waals surface area contributed by atoms with Crippen molar-refractivity contribution in [3.63, 3.8) is 0 Å². The van der Waals surface area contributed by atoms with E-state index in [1.807, 2.05) is 18.2 Å². The first-order valence-corrected chi connectivity index (χ1v) is 6.10. The molecule has 0 aromatic heterocycles. The summed E-state index contributed by atoms with van der Waals surface area (Å²) in [5.41, 5.74) is 1.16. The monoisotopic (exact) mass is 260 g/mol. The highest BCUT2D eigenvalue weighted by Gasteiger charge is 2.20. The first kappa shape index (κ1) is 12.2. The van der Waals surface area contributed by atoms with E-state index in [0.29, 0.717) is 29.2 Å². The lowest BCUT2D eigenvalue weighted by atomic mass is 9.98. The molecule has 1 saturated heterocycles. The highest BCUT2D eigenvalue weighted by molar-refractivity contribution is 6.42. The average Bonchev–Trinajstić information content (AvgIpc) is 2.74. The van der Waals surface area contributed by atoms with Crippen LogP contribution in [0.3, 0.4) is 0 Å². The minimum absolute atomic E-state index is 0.0792. The van der Waals surface area contributed by atoms with Crippen molar-refractivity contribution in [3.05, 3.63) is 33.8 Å². The SMILES string of the molecule is CC(CC1OCCO1)c1ccc(Cl)c(Cl)c1. The van der Waals surface area contributed by atoms with Gasteiger partial charge in [0.2, 0.25) is 0 Å². The van der Waals surface area contributed by atoms with Crippen LogP contribution in [0.5, 0.6) is 0 Å². The maximum Gasteiger partial charge on any atom is 0.158 e. The Kier molecular flexibility index (Phi) is 4.09. The largest absolute Gasteiger partial charge is 0.350 e. The second-order valence-corrected chi connectivity index (χ2v) is 4.80. The van der Waals surface area contributed by atoms with Gasteiger partial charge in [-0.25, -0.2) is 0 Å². The Bertz CT molecular complexity index is 362. The summed E-state index contributed by atoms with van der Waals surface area (Å²) in [6.45, 7) is 3.52. The molecule has 0 bridgehead atoms.